The predicted molar refractivity (Wildman–Crippen MR) is 71.7 cm³/mol. The predicted octanol–water partition coefficient (Wildman–Crippen LogP) is 3.22. The number of hydrogen-bond donors (Lipinski definition) is 1. The van der Waals surface area contributed by atoms with E-state index in [9.17, 15) is 20.2 Å². The molecule has 0 aliphatic rings. The molecule has 0 aliphatic carbocycles. The van der Waals surface area contributed by atoms with Crippen molar-refractivity contribution in [3.8, 4) is 0 Å². The van der Waals surface area contributed by atoms with Crippen LogP contribution >= 0.6 is 23.2 Å². The number of anilines is 1. The van der Waals surface area contributed by atoms with Gasteiger partial charge >= 0.3 is 5.69 Å². The highest BCUT2D eigenvalue weighted by molar-refractivity contribution is 6.56. The van der Waals surface area contributed by atoms with Gasteiger partial charge in [0.25, 0.3) is 5.69 Å². The molecule has 1 aromatic carbocycles. The van der Waals surface area contributed by atoms with E-state index in [-0.39, 0.29) is 15.9 Å². The number of benzene rings is 1. The molecular weight excluding hydrogens is 299 g/mol. The molecule has 0 unspecified atom stereocenters. The number of non-ortho nitro benzene ring substituents is 1. The maximum Gasteiger partial charge on any atom is 0.301 e. The van der Waals surface area contributed by atoms with Crippen molar-refractivity contribution in [2.45, 2.75) is 0 Å². The molecule has 0 saturated heterocycles. The van der Waals surface area contributed by atoms with Gasteiger partial charge in [-0.05, 0) is 12.1 Å². The first-order chi connectivity index (χ1) is 8.91. The van der Waals surface area contributed by atoms with Crippen molar-refractivity contribution in [2.24, 2.45) is 5.10 Å². The summed E-state index contributed by atoms with van der Waals surface area (Å²) in [6, 6.07) is 3.14. The minimum absolute atomic E-state index is 0.00550. The van der Waals surface area contributed by atoms with Crippen LogP contribution in [0.25, 0.3) is 0 Å². The molecule has 0 atom stereocenters. The molecule has 100 valence electrons. The van der Waals surface area contributed by atoms with Gasteiger partial charge in [-0.2, -0.15) is 5.10 Å². The van der Waals surface area contributed by atoms with Crippen LogP contribution < -0.4 is 5.43 Å². The second-order valence-corrected chi connectivity index (χ2v) is 4.07. The van der Waals surface area contributed by atoms with Gasteiger partial charge in [0, 0.05) is 12.3 Å². The number of nitro benzene ring substituents is 2. The molecule has 0 heterocycles. The Balaban J connectivity index is 3.01. The Morgan fingerprint density at radius 3 is 2.47 bits per heavy atom. The number of hydrazone groups is 1. The highest BCUT2D eigenvalue weighted by Crippen LogP contribution is 2.28. The molecule has 0 fully saturated rings. The lowest BCUT2D eigenvalue weighted by Gasteiger charge is -2.01. The van der Waals surface area contributed by atoms with Gasteiger partial charge in [-0.15, -0.1) is 0 Å². The van der Waals surface area contributed by atoms with Crippen LogP contribution in [-0.2, 0) is 0 Å². The van der Waals surface area contributed by atoms with E-state index in [2.05, 4.69) is 10.5 Å². The van der Waals surface area contributed by atoms with Crippen LogP contribution in [0.4, 0.5) is 17.1 Å². The van der Waals surface area contributed by atoms with Gasteiger partial charge in [0.1, 0.15) is 10.2 Å². The molecule has 0 aromatic heterocycles. The van der Waals surface area contributed by atoms with Crippen LogP contribution in [0, 0.1) is 20.2 Å². The third kappa shape index (κ3) is 4.53. The monoisotopic (exact) mass is 304 g/mol. The molecule has 0 amide bonds. The molecular formula is C9H6Cl2N4O4. The summed E-state index contributed by atoms with van der Waals surface area (Å²) in [5, 5.41) is 24.9. The summed E-state index contributed by atoms with van der Waals surface area (Å²) < 4.78 is -0.0382. The van der Waals surface area contributed by atoms with Crippen LogP contribution in [0.5, 0.6) is 0 Å². The zero-order valence-electron chi connectivity index (χ0n) is 9.12. The van der Waals surface area contributed by atoms with Crippen LogP contribution in [0.3, 0.4) is 0 Å². The summed E-state index contributed by atoms with van der Waals surface area (Å²) in [5.74, 6) is 0. The lowest BCUT2D eigenvalue weighted by Crippen LogP contribution is -1.98. The van der Waals surface area contributed by atoms with Gasteiger partial charge in [0.05, 0.1) is 15.9 Å². The Bertz CT molecular complexity index is 569. The van der Waals surface area contributed by atoms with E-state index in [1.54, 1.807) is 0 Å². The summed E-state index contributed by atoms with van der Waals surface area (Å²) in [4.78, 5) is 19.8. The second-order valence-electron chi connectivity index (χ2n) is 3.06. The fraction of sp³-hybridized carbons (Fsp3) is 0. The first kappa shape index (κ1) is 14.9. The average molecular weight is 305 g/mol. The Labute approximate surface area is 116 Å². The van der Waals surface area contributed by atoms with Crippen LogP contribution in [0.15, 0.2) is 33.9 Å². The third-order valence-electron chi connectivity index (χ3n) is 1.85. The zero-order chi connectivity index (χ0) is 14.4. The Kier molecular flexibility index (Phi) is 5.22. The SMILES string of the molecule is O=[N+]([O-])c1ccc(NN=CC=C(Cl)Cl)c([N+](=O)[O-])c1. The molecule has 1 aromatic rings. The molecule has 10 heteroatoms. The van der Waals surface area contributed by atoms with Crippen LogP contribution in [0.1, 0.15) is 0 Å². The lowest BCUT2D eigenvalue weighted by atomic mass is 10.2. The minimum atomic E-state index is -0.755. The van der Waals surface area contributed by atoms with Crippen molar-refractivity contribution in [3.05, 3.63) is 49.0 Å². The third-order valence-corrected chi connectivity index (χ3v) is 2.10. The number of nitro groups is 2. The molecule has 0 saturated carbocycles. The van der Waals surface area contributed by atoms with E-state index in [4.69, 9.17) is 23.2 Å². The largest absolute Gasteiger partial charge is 0.301 e. The topological polar surface area (TPSA) is 111 Å². The van der Waals surface area contributed by atoms with E-state index in [0.29, 0.717) is 0 Å². The molecule has 1 rings (SSSR count). The average Bonchev–Trinajstić information content (AvgIpc) is 2.34. The maximum atomic E-state index is 10.8. The van der Waals surface area contributed by atoms with Crippen LogP contribution in [0.2, 0.25) is 0 Å². The molecule has 0 radical (unpaired) electrons. The van der Waals surface area contributed by atoms with E-state index in [1.807, 2.05) is 0 Å². The molecule has 0 spiro atoms. The lowest BCUT2D eigenvalue weighted by molar-refractivity contribution is -0.393. The fourth-order valence-electron chi connectivity index (χ4n) is 1.08. The van der Waals surface area contributed by atoms with Crippen molar-refractivity contribution in [3.63, 3.8) is 0 Å². The Hall–Kier alpha value is -2.19. The number of halogens is 2. The molecule has 1 N–H and O–H groups in total. The number of nitrogens with one attached hydrogen (secondary N) is 1. The van der Waals surface area contributed by atoms with Crippen molar-refractivity contribution in [1.82, 2.24) is 0 Å². The Morgan fingerprint density at radius 1 is 1.26 bits per heavy atom. The van der Waals surface area contributed by atoms with Gasteiger partial charge in [0.2, 0.25) is 0 Å². The summed E-state index contributed by atoms with van der Waals surface area (Å²) in [7, 11) is 0. The zero-order valence-corrected chi connectivity index (χ0v) is 10.6. The van der Waals surface area contributed by atoms with Gasteiger partial charge < -0.3 is 0 Å². The van der Waals surface area contributed by atoms with Gasteiger partial charge in [-0.1, -0.05) is 23.2 Å². The quantitative estimate of drug-likeness (QED) is 0.510. The highest BCUT2D eigenvalue weighted by atomic mass is 35.5. The number of allylic oxidation sites excluding steroid dienone is 1. The Morgan fingerprint density at radius 2 is 1.95 bits per heavy atom. The fourth-order valence-corrected chi connectivity index (χ4v) is 1.19. The number of hydrogen-bond acceptors (Lipinski definition) is 6. The van der Waals surface area contributed by atoms with Gasteiger partial charge in [-0.25, -0.2) is 0 Å². The van der Waals surface area contributed by atoms with Crippen molar-refractivity contribution >= 4 is 46.5 Å². The summed E-state index contributed by atoms with van der Waals surface area (Å²) in [6.45, 7) is 0. The first-order valence-electron chi connectivity index (χ1n) is 4.65. The van der Waals surface area contributed by atoms with Crippen molar-refractivity contribution in [2.75, 3.05) is 5.43 Å². The minimum Gasteiger partial charge on any atom is -0.272 e. The molecule has 8 nitrogen and oxygen atoms in total. The first-order valence-corrected chi connectivity index (χ1v) is 5.40. The summed E-state index contributed by atoms with van der Waals surface area (Å²) in [6.07, 6.45) is 2.42. The standard InChI is InChI=1S/C9H6Cl2N4O4/c10-9(11)3-4-12-13-7-2-1-6(14(16)17)5-8(7)15(18)19/h1-5,13H. The number of rotatable bonds is 5. The second kappa shape index (κ2) is 6.66. The van der Waals surface area contributed by atoms with Gasteiger partial charge in [-0.3, -0.25) is 25.7 Å². The van der Waals surface area contributed by atoms with Gasteiger partial charge in [0.15, 0.2) is 0 Å². The smallest absolute Gasteiger partial charge is 0.272 e. The summed E-state index contributed by atoms with van der Waals surface area (Å²) in [5.41, 5.74) is 1.52. The maximum absolute atomic E-state index is 10.8. The molecule has 0 aliphatic heterocycles. The summed E-state index contributed by atoms with van der Waals surface area (Å²) >= 11 is 10.6. The number of nitrogens with zero attached hydrogens (tertiary/aromatic N) is 3. The van der Waals surface area contributed by atoms with E-state index in [1.165, 1.54) is 18.4 Å². The normalized spacial score (nSPS) is 10.2. The molecule has 19 heavy (non-hydrogen) atoms. The highest BCUT2D eigenvalue weighted by Gasteiger charge is 2.18. The molecule has 0 bridgehead atoms. The van der Waals surface area contributed by atoms with E-state index >= 15 is 0 Å². The van der Waals surface area contributed by atoms with E-state index < -0.39 is 15.5 Å². The van der Waals surface area contributed by atoms with Crippen molar-refractivity contribution < 1.29 is 9.85 Å². The van der Waals surface area contributed by atoms with Crippen LogP contribution in [-0.4, -0.2) is 16.1 Å². The van der Waals surface area contributed by atoms with Crippen molar-refractivity contribution in [1.29, 1.82) is 0 Å². The van der Waals surface area contributed by atoms with E-state index in [0.717, 1.165) is 12.1 Å².